The molecule has 5 heteroatoms. The van der Waals surface area contributed by atoms with E-state index in [9.17, 15) is 0 Å². The van der Waals surface area contributed by atoms with Crippen molar-refractivity contribution < 1.29 is 0 Å². The van der Waals surface area contributed by atoms with Crippen molar-refractivity contribution in [2.45, 2.75) is 37.7 Å². The number of aryl methyl sites for hydroxylation is 2. The number of nitrogens with zero attached hydrogens (tertiary/aromatic N) is 2. The van der Waals surface area contributed by atoms with Crippen LogP contribution in [0.2, 0.25) is 5.15 Å². The first-order valence-corrected chi connectivity index (χ1v) is 5.94. The molecule has 0 spiro atoms. The number of rotatable bonds is 3. The molecule has 0 atom stereocenters. The molecule has 0 radical (unpaired) electrons. The molecule has 1 saturated carbocycles. The van der Waals surface area contributed by atoms with E-state index in [0.29, 0.717) is 11.4 Å². The molecule has 0 saturated heterocycles. The second-order valence-corrected chi connectivity index (χ2v) is 5.10. The van der Waals surface area contributed by atoms with Crippen molar-refractivity contribution in [2.75, 3.05) is 0 Å². The Balaban J connectivity index is 1.93. The van der Waals surface area contributed by atoms with Crippen LogP contribution >= 0.6 is 23.2 Å². The Labute approximate surface area is 99.7 Å². The Kier molecular flexibility index (Phi) is 3.24. The topological polar surface area (TPSA) is 29.9 Å². The number of aromatic nitrogens is 2. The maximum Gasteiger partial charge on any atom is 0.131 e. The molecule has 0 amide bonds. The summed E-state index contributed by atoms with van der Waals surface area (Å²) in [6.07, 6.45) is 2.11. The third-order valence-corrected chi connectivity index (χ3v) is 3.75. The average molecular weight is 248 g/mol. The Bertz CT molecular complexity index is 356. The molecule has 0 aliphatic heterocycles. The standard InChI is InChI=1S/C10H15Cl2N3/c1-6-9(10(12)15(2)14-6)5-13-8-3-7(11)4-8/h7-8,13H,3-5H2,1-2H3. The van der Waals surface area contributed by atoms with Crippen molar-refractivity contribution in [3.8, 4) is 0 Å². The predicted octanol–water partition coefficient (Wildman–Crippen LogP) is 2.24. The van der Waals surface area contributed by atoms with Gasteiger partial charge in [0.1, 0.15) is 5.15 Å². The van der Waals surface area contributed by atoms with Gasteiger partial charge < -0.3 is 5.32 Å². The van der Waals surface area contributed by atoms with Crippen LogP contribution in [0.15, 0.2) is 0 Å². The maximum absolute atomic E-state index is 6.12. The van der Waals surface area contributed by atoms with Gasteiger partial charge >= 0.3 is 0 Å². The molecule has 2 rings (SSSR count). The fourth-order valence-corrected chi connectivity index (χ4v) is 2.51. The van der Waals surface area contributed by atoms with Crippen molar-refractivity contribution in [2.24, 2.45) is 7.05 Å². The summed E-state index contributed by atoms with van der Waals surface area (Å²) >= 11 is 12.0. The van der Waals surface area contributed by atoms with Gasteiger partial charge in [-0.1, -0.05) is 11.6 Å². The van der Waals surface area contributed by atoms with Gasteiger partial charge in [0, 0.05) is 30.6 Å². The lowest BCUT2D eigenvalue weighted by atomic mass is 9.92. The van der Waals surface area contributed by atoms with Gasteiger partial charge in [0.2, 0.25) is 0 Å². The Morgan fingerprint density at radius 3 is 2.67 bits per heavy atom. The third-order valence-electron chi connectivity index (χ3n) is 2.92. The van der Waals surface area contributed by atoms with Crippen LogP contribution < -0.4 is 5.32 Å². The molecule has 1 aromatic rings. The minimum absolute atomic E-state index is 0.355. The minimum Gasteiger partial charge on any atom is -0.310 e. The lowest BCUT2D eigenvalue weighted by Crippen LogP contribution is -2.41. The van der Waals surface area contributed by atoms with E-state index in [4.69, 9.17) is 23.2 Å². The van der Waals surface area contributed by atoms with E-state index in [1.807, 2.05) is 14.0 Å². The molecule has 3 nitrogen and oxygen atoms in total. The van der Waals surface area contributed by atoms with Crippen molar-refractivity contribution in [3.05, 3.63) is 16.4 Å². The summed E-state index contributed by atoms with van der Waals surface area (Å²) in [4.78, 5) is 0. The number of hydrogen-bond acceptors (Lipinski definition) is 2. The van der Waals surface area contributed by atoms with Crippen LogP contribution in [0.4, 0.5) is 0 Å². The van der Waals surface area contributed by atoms with Gasteiger partial charge in [0.25, 0.3) is 0 Å². The highest BCUT2D eigenvalue weighted by Crippen LogP contribution is 2.26. The van der Waals surface area contributed by atoms with Crippen LogP contribution in [0.1, 0.15) is 24.1 Å². The summed E-state index contributed by atoms with van der Waals surface area (Å²) in [7, 11) is 1.86. The highest BCUT2D eigenvalue weighted by Gasteiger charge is 2.27. The predicted molar refractivity (Wildman–Crippen MR) is 62.5 cm³/mol. The number of halogens is 2. The average Bonchev–Trinajstić information content (AvgIpc) is 2.36. The maximum atomic E-state index is 6.12. The summed E-state index contributed by atoms with van der Waals surface area (Å²) in [5.74, 6) is 0. The summed E-state index contributed by atoms with van der Waals surface area (Å²) in [5.41, 5.74) is 2.09. The van der Waals surface area contributed by atoms with Gasteiger partial charge in [-0.2, -0.15) is 5.10 Å². The van der Waals surface area contributed by atoms with Crippen LogP contribution in [0.3, 0.4) is 0 Å². The molecule has 1 aromatic heterocycles. The normalized spacial score (nSPS) is 25.3. The molecule has 0 aromatic carbocycles. The second-order valence-electron chi connectivity index (χ2n) is 4.12. The third kappa shape index (κ3) is 2.30. The van der Waals surface area contributed by atoms with Gasteiger partial charge in [-0.3, -0.25) is 4.68 Å². The molecule has 1 aliphatic carbocycles. The van der Waals surface area contributed by atoms with Gasteiger partial charge in [-0.15, -0.1) is 11.6 Å². The van der Waals surface area contributed by atoms with E-state index in [1.165, 1.54) is 0 Å². The molecule has 1 fully saturated rings. The molecule has 1 N–H and O–H groups in total. The Hall–Kier alpha value is -0.250. The molecule has 0 unspecified atom stereocenters. The van der Waals surface area contributed by atoms with Crippen LogP contribution in [-0.4, -0.2) is 21.2 Å². The molecule has 0 bridgehead atoms. The Morgan fingerprint density at radius 2 is 2.20 bits per heavy atom. The largest absolute Gasteiger partial charge is 0.310 e. The lowest BCUT2D eigenvalue weighted by Gasteiger charge is -2.31. The zero-order valence-corrected chi connectivity index (χ0v) is 10.4. The summed E-state index contributed by atoms with van der Waals surface area (Å²) in [6, 6.07) is 0.545. The van der Waals surface area contributed by atoms with Gasteiger partial charge in [-0.25, -0.2) is 0 Å². The van der Waals surface area contributed by atoms with Crippen LogP contribution in [-0.2, 0) is 13.6 Å². The van der Waals surface area contributed by atoms with Crippen molar-refractivity contribution in [1.82, 2.24) is 15.1 Å². The Morgan fingerprint density at radius 1 is 1.53 bits per heavy atom. The van der Waals surface area contributed by atoms with Gasteiger partial charge in [0.05, 0.1) is 5.69 Å². The van der Waals surface area contributed by atoms with E-state index in [-0.39, 0.29) is 0 Å². The smallest absolute Gasteiger partial charge is 0.131 e. The second kappa shape index (κ2) is 4.32. The number of nitrogens with one attached hydrogen (secondary N) is 1. The lowest BCUT2D eigenvalue weighted by molar-refractivity contribution is 0.345. The molecule has 84 valence electrons. The highest BCUT2D eigenvalue weighted by atomic mass is 35.5. The fourth-order valence-electron chi connectivity index (χ4n) is 1.84. The quantitative estimate of drug-likeness (QED) is 0.831. The number of hydrogen-bond donors (Lipinski definition) is 1. The first-order valence-electron chi connectivity index (χ1n) is 5.13. The monoisotopic (exact) mass is 247 g/mol. The first-order chi connectivity index (χ1) is 7.08. The zero-order chi connectivity index (χ0) is 11.0. The minimum atomic E-state index is 0.355. The zero-order valence-electron chi connectivity index (χ0n) is 8.93. The number of alkyl halides is 1. The van der Waals surface area contributed by atoms with Crippen molar-refractivity contribution >= 4 is 23.2 Å². The van der Waals surface area contributed by atoms with E-state index in [2.05, 4.69) is 10.4 Å². The molecular formula is C10H15Cl2N3. The molecule has 1 aliphatic rings. The van der Waals surface area contributed by atoms with E-state index < -0.39 is 0 Å². The van der Waals surface area contributed by atoms with Crippen LogP contribution in [0.25, 0.3) is 0 Å². The van der Waals surface area contributed by atoms with Crippen LogP contribution in [0, 0.1) is 6.92 Å². The van der Waals surface area contributed by atoms with E-state index in [1.54, 1.807) is 4.68 Å². The fraction of sp³-hybridized carbons (Fsp3) is 0.700. The van der Waals surface area contributed by atoms with Crippen molar-refractivity contribution in [1.29, 1.82) is 0 Å². The highest BCUT2D eigenvalue weighted by molar-refractivity contribution is 6.30. The summed E-state index contributed by atoms with van der Waals surface area (Å²) in [5, 5.41) is 8.78. The van der Waals surface area contributed by atoms with Crippen molar-refractivity contribution in [3.63, 3.8) is 0 Å². The summed E-state index contributed by atoms with van der Waals surface area (Å²) < 4.78 is 1.71. The van der Waals surface area contributed by atoms with E-state index in [0.717, 1.165) is 35.8 Å². The van der Waals surface area contributed by atoms with Gasteiger partial charge in [-0.05, 0) is 19.8 Å². The molecular weight excluding hydrogens is 233 g/mol. The molecule has 1 heterocycles. The SMILES string of the molecule is Cc1nn(C)c(Cl)c1CNC1CC(Cl)C1. The summed E-state index contributed by atoms with van der Waals surface area (Å²) in [6.45, 7) is 2.76. The first kappa shape index (κ1) is 11.2. The van der Waals surface area contributed by atoms with E-state index >= 15 is 0 Å². The molecule has 15 heavy (non-hydrogen) atoms. The van der Waals surface area contributed by atoms with Gasteiger partial charge in [0.15, 0.2) is 0 Å². The van der Waals surface area contributed by atoms with Crippen LogP contribution in [0.5, 0.6) is 0 Å².